The van der Waals surface area contributed by atoms with E-state index >= 15 is 0 Å². The predicted molar refractivity (Wildman–Crippen MR) is 58.7 cm³/mol. The first-order valence-corrected chi connectivity index (χ1v) is 5.15. The second-order valence-electron chi connectivity index (χ2n) is 3.47. The molecule has 4 nitrogen and oxygen atoms in total. The number of esters is 1. The molecule has 0 amide bonds. The molecular formula is C11H14F2N2O2. The number of anilines is 1. The predicted octanol–water partition coefficient (Wildman–Crippen LogP) is 2.02. The zero-order valence-corrected chi connectivity index (χ0v) is 9.67. The van der Waals surface area contributed by atoms with Crippen LogP contribution >= 0.6 is 0 Å². The molecule has 0 spiro atoms. The fraction of sp³-hybridized carbons (Fsp3) is 0.455. The number of aryl methyl sites for hydroxylation is 1. The van der Waals surface area contributed by atoms with Crippen LogP contribution in [0.15, 0.2) is 6.20 Å². The van der Waals surface area contributed by atoms with Crippen LogP contribution in [0, 0.1) is 6.92 Å². The number of rotatable bonds is 4. The zero-order valence-electron chi connectivity index (χ0n) is 9.67. The van der Waals surface area contributed by atoms with E-state index in [1.807, 2.05) is 0 Å². The minimum Gasteiger partial charge on any atom is -0.466 e. The Kier molecular flexibility index (Phi) is 4.37. The van der Waals surface area contributed by atoms with E-state index in [4.69, 9.17) is 10.5 Å². The molecule has 0 bridgehead atoms. The van der Waals surface area contributed by atoms with E-state index in [0.29, 0.717) is 0 Å². The third-order valence-corrected chi connectivity index (χ3v) is 2.31. The van der Waals surface area contributed by atoms with Gasteiger partial charge in [-0.05, 0) is 19.4 Å². The molecule has 2 N–H and O–H groups in total. The summed E-state index contributed by atoms with van der Waals surface area (Å²) in [6.07, 6.45) is -1.70. The molecule has 0 aliphatic heterocycles. The van der Waals surface area contributed by atoms with Crippen molar-refractivity contribution in [2.75, 3.05) is 12.3 Å². The molecule has 0 aliphatic rings. The molecule has 1 heterocycles. The highest BCUT2D eigenvalue weighted by atomic mass is 19.3. The largest absolute Gasteiger partial charge is 0.466 e. The molecular weight excluding hydrogens is 230 g/mol. The number of nitrogen functional groups attached to an aromatic ring is 1. The number of alkyl halides is 2. The van der Waals surface area contributed by atoms with E-state index < -0.39 is 12.4 Å². The Balaban J connectivity index is 3.12. The van der Waals surface area contributed by atoms with E-state index in [2.05, 4.69) is 4.98 Å². The second-order valence-corrected chi connectivity index (χ2v) is 3.47. The first-order chi connectivity index (χ1) is 7.97. The molecule has 6 heteroatoms. The van der Waals surface area contributed by atoms with Gasteiger partial charge in [0.05, 0.1) is 24.9 Å². The third kappa shape index (κ3) is 3.12. The zero-order chi connectivity index (χ0) is 13.0. The van der Waals surface area contributed by atoms with E-state index in [0.717, 1.165) is 0 Å². The maximum Gasteiger partial charge on any atom is 0.310 e. The lowest BCUT2D eigenvalue weighted by molar-refractivity contribution is -0.142. The minimum atomic E-state index is -2.71. The van der Waals surface area contributed by atoms with Crippen molar-refractivity contribution in [1.29, 1.82) is 0 Å². The number of pyridine rings is 1. The lowest BCUT2D eigenvalue weighted by atomic mass is 10.0. The fourth-order valence-corrected chi connectivity index (χ4v) is 1.53. The normalized spacial score (nSPS) is 10.6. The van der Waals surface area contributed by atoms with Crippen LogP contribution in [0.2, 0.25) is 0 Å². The van der Waals surface area contributed by atoms with E-state index in [1.54, 1.807) is 6.92 Å². The Hall–Kier alpha value is -1.72. The van der Waals surface area contributed by atoms with Gasteiger partial charge in [-0.15, -0.1) is 0 Å². The van der Waals surface area contributed by atoms with Crippen LogP contribution in [0.5, 0.6) is 0 Å². The fourth-order valence-electron chi connectivity index (χ4n) is 1.53. The number of carbonyl (C=O) groups excluding carboxylic acids is 1. The third-order valence-electron chi connectivity index (χ3n) is 2.31. The monoisotopic (exact) mass is 244 g/mol. The molecule has 1 aromatic heterocycles. The van der Waals surface area contributed by atoms with Gasteiger partial charge in [-0.3, -0.25) is 9.78 Å². The number of carbonyl (C=O) groups is 1. The average molecular weight is 244 g/mol. The van der Waals surface area contributed by atoms with Crippen molar-refractivity contribution >= 4 is 11.7 Å². The standard InChI is InChI=1S/C11H14F2N2O2/c1-3-17-9(16)4-7-8(14)5-15-6(2)10(7)11(12)13/h5,11H,3-4,14H2,1-2H3. The van der Waals surface area contributed by atoms with Gasteiger partial charge in [0.15, 0.2) is 0 Å². The van der Waals surface area contributed by atoms with Gasteiger partial charge < -0.3 is 10.5 Å². The molecule has 0 atom stereocenters. The molecule has 0 aliphatic carbocycles. The molecule has 1 rings (SSSR count). The lowest BCUT2D eigenvalue weighted by Gasteiger charge is -2.13. The van der Waals surface area contributed by atoms with Crippen LogP contribution in [-0.2, 0) is 16.0 Å². The van der Waals surface area contributed by atoms with Crippen molar-refractivity contribution in [3.63, 3.8) is 0 Å². The Morgan fingerprint density at radius 3 is 2.76 bits per heavy atom. The number of nitrogens with zero attached hydrogens (tertiary/aromatic N) is 1. The van der Waals surface area contributed by atoms with Crippen molar-refractivity contribution in [1.82, 2.24) is 4.98 Å². The van der Waals surface area contributed by atoms with Gasteiger partial charge in [0.2, 0.25) is 0 Å². The van der Waals surface area contributed by atoms with Gasteiger partial charge in [0.1, 0.15) is 0 Å². The summed E-state index contributed by atoms with van der Waals surface area (Å²) < 4.78 is 30.4. The highest BCUT2D eigenvalue weighted by Gasteiger charge is 2.21. The van der Waals surface area contributed by atoms with Crippen molar-refractivity contribution < 1.29 is 18.3 Å². The summed E-state index contributed by atoms with van der Waals surface area (Å²) in [6, 6.07) is 0. The van der Waals surface area contributed by atoms with Crippen LogP contribution in [0.4, 0.5) is 14.5 Å². The number of halogens is 2. The first-order valence-electron chi connectivity index (χ1n) is 5.15. The van der Waals surface area contributed by atoms with E-state index in [-0.39, 0.29) is 35.5 Å². The van der Waals surface area contributed by atoms with Crippen molar-refractivity contribution in [3.8, 4) is 0 Å². The van der Waals surface area contributed by atoms with Gasteiger partial charge in [-0.2, -0.15) is 0 Å². The molecule has 0 radical (unpaired) electrons. The quantitative estimate of drug-likeness (QED) is 0.823. The Labute approximate surface area is 97.8 Å². The number of nitrogens with two attached hydrogens (primary N) is 1. The molecule has 0 saturated carbocycles. The van der Waals surface area contributed by atoms with Crippen LogP contribution < -0.4 is 5.73 Å². The summed E-state index contributed by atoms with van der Waals surface area (Å²) in [5.74, 6) is -0.577. The van der Waals surface area contributed by atoms with Crippen LogP contribution in [0.1, 0.15) is 30.2 Å². The summed E-state index contributed by atoms with van der Waals surface area (Å²) in [5, 5.41) is 0. The molecule has 94 valence electrons. The Morgan fingerprint density at radius 2 is 2.24 bits per heavy atom. The molecule has 0 fully saturated rings. The van der Waals surface area contributed by atoms with Gasteiger partial charge in [-0.25, -0.2) is 8.78 Å². The first kappa shape index (κ1) is 13.3. The number of hydrogen-bond donors (Lipinski definition) is 1. The second kappa shape index (κ2) is 5.56. The Bertz CT molecular complexity index is 422. The summed E-state index contributed by atoms with van der Waals surface area (Å²) in [7, 11) is 0. The molecule has 1 aromatic rings. The highest BCUT2D eigenvalue weighted by molar-refractivity contribution is 5.75. The van der Waals surface area contributed by atoms with Crippen molar-refractivity contribution in [2.24, 2.45) is 0 Å². The molecule has 17 heavy (non-hydrogen) atoms. The van der Waals surface area contributed by atoms with E-state index in [1.165, 1.54) is 13.1 Å². The lowest BCUT2D eigenvalue weighted by Crippen LogP contribution is -2.13. The smallest absolute Gasteiger partial charge is 0.310 e. The minimum absolute atomic E-state index is 0.0824. The maximum atomic E-state index is 12.9. The van der Waals surface area contributed by atoms with Gasteiger partial charge in [0.25, 0.3) is 6.43 Å². The highest BCUT2D eigenvalue weighted by Crippen LogP contribution is 2.29. The van der Waals surface area contributed by atoms with Crippen molar-refractivity contribution in [3.05, 3.63) is 23.0 Å². The SMILES string of the molecule is CCOC(=O)Cc1c(N)cnc(C)c1C(F)F. The molecule has 0 aromatic carbocycles. The van der Waals surface area contributed by atoms with Crippen LogP contribution in [0.3, 0.4) is 0 Å². The summed E-state index contributed by atoms with van der Waals surface area (Å²) in [4.78, 5) is 15.1. The molecule has 0 saturated heterocycles. The number of ether oxygens (including phenoxy) is 1. The van der Waals surface area contributed by atoms with Gasteiger partial charge >= 0.3 is 5.97 Å². The Morgan fingerprint density at radius 1 is 1.59 bits per heavy atom. The topological polar surface area (TPSA) is 65.2 Å². The number of aromatic nitrogens is 1. The maximum absolute atomic E-state index is 12.9. The van der Waals surface area contributed by atoms with E-state index in [9.17, 15) is 13.6 Å². The molecule has 0 unspecified atom stereocenters. The van der Waals surface area contributed by atoms with Crippen molar-refractivity contribution in [2.45, 2.75) is 26.7 Å². The summed E-state index contributed by atoms with van der Waals surface area (Å²) in [5.41, 5.74) is 5.65. The van der Waals surface area contributed by atoms with Crippen LogP contribution in [-0.4, -0.2) is 17.6 Å². The summed E-state index contributed by atoms with van der Waals surface area (Å²) in [6.45, 7) is 3.30. The van der Waals surface area contributed by atoms with Crippen LogP contribution in [0.25, 0.3) is 0 Å². The summed E-state index contributed by atoms with van der Waals surface area (Å²) >= 11 is 0. The average Bonchev–Trinajstić information content (AvgIpc) is 2.23. The number of hydrogen-bond acceptors (Lipinski definition) is 4. The van der Waals surface area contributed by atoms with Gasteiger partial charge in [-0.1, -0.05) is 0 Å². The van der Waals surface area contributed by atoms with Gasteiger partial charge in [0, 0.05) is 11.3 Å².